The van der Waals surface area contributed by atoms with E-state index in [1.807, 2.05) is 20.8 Å². The number of nitro groups is 1. The van der Waals surface area contributed by atoms with Crippen molar-refractivity contribution in [2.75, 3.05) is 0 Å². The molecule has 20 heavy (non-hydrogen) atoms. The second kappa shape index (κ2) is 5.71. The van der Waals surface area contributed by atoms with Gasteiger partial charge >= 0.3 is 6.18 Å². The van der Waals surface area contributed by atoms with Crippen molar-refractivity contribution in [1.82, 2.24) is 0 Å². The van der Waals surface area contributed by atoms with E-state index in [-0.39, 0.29) is 16.7 Å². The van der Waals surface area contributed by atoms with E-state index in [0.29, 0.717) is 11.6 Å². The van der Waals surface area contributed by atoms with Crippen LogP contribution in [0.15, 0.2) is 18.2 Å². The predicted octanol–water partition coefficient (Wildman–Crippen LogP) is 4.97. The van der Waals surface area contributed by atoms with Gasteiger partial charge in [-0.1, -0.05) is 42.8 Å². The largest absolute Gasteiger partial charge is 0.416 e. The zero-order chi connectivity index (χ0) is 15.7. The predicted molar refractivity (Wildman–Crippen MR) is 74.0 cm³/mol. The summed E-state index contributed by atoms with van der Waals surface area (Å²) in [6.07, 6.45) is -4.29. The van der Waals surface area contributed by atoms with Crippen molar-refractivity contribution < 1.29 is 18.1 Å². The normalized spacial score (nSPS) is 14.2. The number of hydrogen-bond acceptors (Lipinski definition) is 2. The Morgan fingerprint density at radius 3 is 2.25 bits per heavy atom. The molecule has 0 saturated heterocycles. The average Bonchev–Trinajstić information content (AvgIpc) is 2.26. The maximum Gasteiger partial charge on any atom is 0.416 e. The van der Waals surface area contributed by atoms with E-state index in [2.05, 4.69) is 15.9 Å². The molecular formula is C13H15BrF3NO2. The third-order valence-electron chi connectivity index (χ3n) is 2.95. The summed E-state index contributed by atoms with van der Waals surface area (Å²) >= 11 is 3.43. The van der Waals surface area contributed by atoms with E-state index in [4.69, 9.17) is 0 Å². The highest BCUT2D eigenvalue weighted by Crippen LogP contribution is 2.36. The summed E-state index contributed by atoms with van der Waals surface area (Å²) in [5.41, 5.74) is -1.36. The molecule has 1 atom stereocenters. The first-order valence-corrected chi connectivity index (χ1v) is 6.83. The average molecular weight is 354 g/mol. The van der Waals surface area contributed by atoms with E-state index < -0.39 is 22.4 Å². The van der Waals surface area contributed by atoms with Gasteiger partial charge in [-0.3, -0.25) is 10.1 Å². The van der Waals surface area contributed by atoms with Crippen LogP contribution in [-0.4, -0.2) is 9.75 Å². The fourth-order valence-electron chi connectivity index (χ4n) is 1.58. The lowest BCUT2D eigenvalue weighted by molar-refractivity contribution is -0.385. The standard InChI is InChI=1S/C13H15BrF3NO2/c1-12(2,3)11(14)6-8-4-5-9(13(15,16)17)7-10(8)18(19)20/h4-5,7,11H,6H2,1-3H3. The number of halogens is 4. The molecule has 1 aromatic carbocycles. The van der Waals surface area contributed by atoms with Crippen molar-refractivity contribution in [2.24, 2.45) is 5.41 Å². The van der Waals surface area contributed by atoms with Crippen molar-refractivity contribution in [3.8, 4) is 0 Å². The Labute approximate surface area is 123 Å². The molecule has 0 aromatic heterocycles. The maximum absolute atomic E-state index is 12.6. The minimum atomic E-state index is -4.58. The number of rotatable bonds is 3. The van der Waals surface area contributed by atoms with Crippen molar-refractivity contribution in [3.63, 3.8) is 0 Å². The molecule has 0 aliphatic heterocycles. The van der Waals surface area contributed by atoms with Crippen LogP contribution in [-0.2, 0) is 12.6 Å². The third-order valence-corrected chi connectivity index (χ3v) is 4.65. The van der Waals surface area contributed by atoms with E-state index in [1.54, 1.807) is 0 Å². The zero-order valence-corrected chi connectivity index (χ0v) is 12.9. The molecular weight excluding hydrogens is 339 g/mol. The van der Waals surface area contributed by atoms with Crippen LogP contribution in [0.2, 0.25) is 0 Å². The summed E-state index contributed by atoms with van der Waals surface area (Å²) in [4.78, 5) is 10.1. The van der Waals surface area contributed by atoms with Gasteiger partial charge in [-0.25, -0.2) is 0 Å². The van der Waals surface area contributed by atoms with Crippen LogP contribution in [0.4, 0.5) is 18.9 Å². The van der Waals surface area contributed by atoms with E-state index in [1.165, 1.54) is 6.07 Å². The summed E-state index contributed by atoms with van der Waals surface area (Å²) in [5, 5.41) is 11.0. The molecule has 0 spiro atoms. The van der Waals surface area contributed by atoms with Crippen LogP contribution in [0, 0.1) is 15.5 Å². The van der Waals surface area contributed by atoms with Crippen molar-refractivity contribution in [1.29, 1.82) is 0 Å². The van der Waals surface area contributed by atoms with Gasteiger partial charge in [0.1, 0.15) is 0 Å². The van der Waals surface area contributed by atoms with Crippen molar-refractivity contribution in [2.45, 2.75) is 38.2 Å². The van der Waals surface area contributed by atoms with E-state index in [9.17, 15) is 23.3 Å². The molecule has 0 fully saturated rings. The summed E-state index contributed by atoms with van der Waals surface area (Å²) in [5.74, 6) is 0. The van der Waals surface area contributed by atoms with Crippen LogP contribution in [0.1, 0.15) is 31.9 Å². The molecule has 0 aliphatic rings. The quantitative estimate of drug-likeness (QED) is 0.437. The monoisotopic (exact) mass is 353 g/mol. The molecule has 0 saturated carbocycles. The summed E-state index contributed by atoms with van der Waals surface area (Å²) in [6.45, 7) is 5.84. The fourth-order valence-corrected chi connectivity index (χ4v) is 1.93. The smallest absolute Gasteiger partial charge is 0.258 e. The van der Waals surface area contributed by atoms with Gasteiger partial charge in [-0.2, -0.15) is 13.2 Å². The first-order valence-electron chi connectivity index (χ1n) is 5.91. The van der Waals surface area contributed by atoms with Gasteiger partial charge in [0.15, 0.2) is 0 Å². The van der Waals surface area contributed by atoms with Gasteiger partial charge in [-0.15, -0.1) is 0 Å². The SMILES string of the molecule is CC(C)(C)C(Br)Cc1ccc(C(F)(F)F)cc1[N+](=O)[O-]. The highest BCUT2D eigenvalue weighted by Gasteiger charge is 2.33. The second-order valence-electron chi connectivity index (χ2n) is 5.64. The van der Waals surface area contributed by atoms with Crippen LogP contribution < -0.4 is 0 Å². The van der Waals surface area contributed by atoms with E-state index in [0.717, 1.165) is 6.07 Å². The molecule has 0 heterocycles. The molecule has 1 unspecified atom stereocenters. The molecule has 112 valence electrons. The Bertz CT molecular complexity index is 509. The van der Waals surface area contributed by atoms with Gasteiger partial charge in [0.05, 0.1) is 10.5 Å². The molecule has 7 heteroatoms. The summed E-state index contributed by atoms with van der Waals surface area (Å²) in [7, 11) is 0. The van der Waals surface area contributed by atoms with Crippen LogP contribution in [0.5, 0.6) is 0 Å². The van der Waals surface area contributed by atoms with Gasteiger partial charge in [-0.05, 0) is 17.9 Å². The lowest BCUT2D eigenvalue weighted by Crippen LogP contribution is -2.23. The Morgan fingerprint density at radius 2 is 1.85 bits per heavy atom. The zero-order valence-electron chi connectivity index (χ0n) is 11.3. The molecule has 0 aliphatic carbocycles. The number of nitrogens with zero attached hydrogens (tertiary/aromatic N) is 1. The second-order valence-corrected chi connectivity index (χ2v) is 6.74. The van der Waals surface area contributed by atoms with Crippen molar-refractivity contribution >= 4 is 21.6 Å². The van der Waals surface area contributed by atoms with Crippen LogP contribution >= 0.6 is 15.9 Å². The highest BCUT2D eigenvalue weighted by molar-refractivity contribution is 9.09. The van der Waals surface area contributed by atoms with Gasteiger partial charge in [0.2, 0.25) is 0 Å². The Kier molecular flexibility index (Phi) is 4.84. The lowest BCUT2D eigenvalue weighted by Gasteiger charge is -2.25. The topological polar surface area (TPSA) is 43.1 Å². The first-order chi connectivity index (χ1) is 8.93. The molecule has 1 rings (SSSR count). The molecule has 0 bridgehead atoms. The van der Waals surface area contributed by atoms with Crippen LogP contribution in [0.3, 0.4) is 0 Å². The maximum atomic E-state index is 12.6. The van der Waals surface area contributed by atoms with E-state index >= 15 is 0 Å². The number of hydrogen-bond donors (Lipinski definition) is 0. The minimum Gasteiger partial charge on any atom is -0.258 e. The molecule has 0 radical (unpaired) electrons. The molecule has 0 N–H and O–H groups in total. The minimum absolute atomic E-state index is 0.0783. The highest BCUT2D eigenvalue weighted by atomic mass is 79.9. The summed E-state index contributed by atoms with van der Waals surface area (Å²) in [6, 6.07) is 2.66. The Hall–Kier alpha value is -1.11. The molecule has 1 aromatic rings. The Balaban J connectivity index is 3.18. The summed E-state index contributed by atoms with van der Waals surface area (Å²) < 4.78 is 37.7. The van der Waals surface area contributed by atoms with Gasteiger partial charge in [0, 0.05) is 16.5 Å². The van der Waals surface area contributed by atoms with Crippen molar-refractivity contribution in [3.05, 3.63) is 39.4 Å². The molecule has 0 amide bonds. The Morgan fingerprint density at radius 1 is 1.30 bits per heavy atom. The number of alkyl halides is 4. The molecule has 3 nitrogen and oxygen atoms in total. The van der Waals surface area contributed by atoms with Gasteiger partial charge < -0.3 is 0 Å². The third kappa shape index (κ3) is 4.19. The number of benzene rings is 1. The fraction of sp³-hybridized carbons (Fsp3) is 0.538. The lowest BCUT2D eigenvalue weighted by atomic mass is 9.88. The first kappa shape index (κ1) is 16.9. The number of nitro benzene ring substituents is 1. The van der Waals surface area contributed by atoms with Gasteiger partial charge in [0.25, 0.3) is 5.69 Å². The van der Waals surface area contributed by atoms with Crippen LogP contribution in [0.25, 0.3) is 0 Å².